The van der Waals surface area contributed by atoms with E-state index in [2.05, 4.69) is 12.0 Å². The van der Waals surface area contributed by atoms with Gasteiger partial charge in [0, 0.05) is 19.3 Å². The molecule has 0 aliphatic rings. The maximum absolute atomic E-state index is 10.2. The van der Waals surface area contributed by atoms with E-state index in [0.29, 0.717) is 6.42 Å². The molecule has 1 atom stereocenters. The lowest BCUT2D eigenvalue weighted by molar-refractivity contribution is 0.0324. The van der Waals surface area contributed by atoms with Gasteiger partial charge in [0.25, 0.3) is 0 Å². The summed E-state index contributed by atoms with van der Waals surface area (Å²) in [6.07, 6.45) is 3.32. The van der Waals surface area contributed by atoms with Crippen molar-refractivity contribution in [2.45, 2.75) is 38.8 Å². The highest BCUT2D eigenvalue weighted by Crippen LogP contribution is 2.23. The smallest absolute Gasteiger partial charge is 0.118 e. The van der Waals surface area contributed by atoms with E-state index in [0.717, 1.165) is 18.7 Å². The van der Waals surface area contributed by atoms with Gasteiger partial charge in [-0.15, -0.1) is 0 Å². The first-order valence-corrected chi connectivity index (χ1v) is 5.12. The summed E-state index contributed by atoms with van der Waals surface area (Å²) in [7, 11) is 0. The van der Waals surface area contributed by atoms with Crippen molar-refractivity contribution in [3.63, 3.8) is 0 Å². The second kappa shape index (κ2) is 4.57. The minimum absolute atomic E-state index is 0.235. The second-order valence-electron chi connectivity index (χ2n) is 3.53. The molecule has 80 valence electrons. The van der Waals surface area contributed by atoms with Crippen molar-refractivity contribution in [3.05, 3.63) is 18.0 Å². The second-order valence-corrected chi connectivity index (χ2v) is 3.53. The fraction of sp³-hybridized carbons (Fsp3) is 0.700. The number of aryl methyl sites for hydroxylation is 1. The molecule has 0 amide bonds. The van der Waals surface area contributed by atoms with Crippen molar-refractivity contribution in [1.82, 2.24) is 9.78 Å². The third-order valence-corrected chi connectivity index (χ3v) is 2.55. The molecule has 0 aliphatic heterocycles. The number of hydrogen-bond donors (Lipinski definition) is 2. The molecule has 1 rings (SSSR count). The highest BCUT2D eigenvalue weighted by molar-refractivity contribution is 5.12. The van der Waals surface area contributed by atoms with Crippen LogP contribution < -0.4 is 5.73 Å². The van der Waals surface area contributed by atoms with E-state index in [1.165, 1.54) is 0 Å². The maximum Gasteiger partial charge on any atom is 0.118 e. The molecule has 0 aromatic carbocycles. The molecule has 3 N–H and O–H groups in total. The fourth-order valence-electron chi connectivity index (χ4n) is 1.55. The quantitative estimate of drug-likeness (QED) is 0.735. The Morgan fingerprint density at radius 1 is 1.57 bits per heavy atom. The Hall–Kier alpha value is -0.870. The van der Waals surface area contributed by atoms with Crippen LogP contribution in [0.5, 0.6) is 0 Å². The Labute approximate surface area is 84.7 Å². The van der Waals surface area contributed by atoms with E-state index in [4.69, 9.17) is 5.73 Å². The van der Waals surface area contributed by atoms with Crippen molar-refractivity contribution in [2.75, 3.05) is 6.54 Å². The molecule has 4 nitrogen and oxygen atoms in total. The van der Waals surface area contributed by atoms with Crippen LogP contribution in [0.3, 0.4) is 0 Å². The van der Waals surface area contributed by atoms with Crippen LogP contribution >= 0.6 is 0 Å². The van der Waals surface area contributed by atoms with Gasteiger partial charge in [-0.25, -0.2) is 0 Å². The van der Waals surface area contributed by atoms with E-state index in [1.807, 2.05) is 17.7 Å². The lowest BCUT2D eigenvalue weighted by atomic mass is 9.96. The zero-order chi connectivity index (χ0) is 10.6. The monoisotopic (exact) mass is 197 g/mol. The minimum Gasteiger partial charge on any atom is -0.382 e. The molecule has 1 unspecified atom stereocenters. The highest BCUT2D eigenvalue weighted by atomic mass is 16.3. The Balaban J connectivity index is 2.97. The van der Waals surface area contributed by atoms with Gasteiger partial charge in [0.1, 0.15) is 5.60 Å². The number of nitrogens with zero attached hydrogens (tertiary/aromatic N) is 2. The molecule has 0 aliphatic carbocycles. The van der Waals surface area contributed by atoms with Gasteiger partial charge in [-0.2, -0.15) is 5.10 Å². The van der Waals surface area contributed by atoms with Crippen molar-refractivity contribution in [2.24, 2.45) is 5.73 Å². The molecule has 1 heterocycles. The van der Waals surface area contributed by atoms with Crippen LogP contribution in [0.15, 0.2) is 12.3 Å². The number of hydrogen-bond acceptors (Lipinski definition) is 3. The molecule has 1 aromatic rings. The minimum atomic E-state index is -0.925. The van der Waals surface area contributed by atoms with E-state index in [1.54, 1.807) is 6.20 Å². The first-order chi connectivity index (χ1) is 6.68. The zero-order valence-electron chi connectivity index (χ0n) is 8.90. The van der Waals surface area contributed by atoms with Gasteiger partial charge in [-0.3, -0.25) is 4.68 Å². The first-order valence-electron chi connectivity index (χ1n) is 5.12. The summed E-state index contributed by atoms with van der Waals surface area (Å²) in [4.78, 5) is 0. The van der Waals surface area contributed by atoms with Gasteiger partial charge >= 0.3 is 0 Å². The number of nitrogens with two attached hydrogens (primary N) is 1. The van der Waals surface area contributed by atoms with Crippen LogP contribution in [0.1, 0.15) is 32.4 Å². The molecule has 4 heteroatoms. The number of rotatable bonds is 5. The van der Waals surface area contributed by atoms with E-state index in [-0.39, 0.29) is 6.54 Å². The van der Waals surface area contributed by atoms with Crippen molar-refractivity contribution in [3.8, 4) is 0 Å². The zero-order valence-corrected chi connectivity index (χ0v) is 8.90. The van der Waals surface area contributed by atoms with Gasteiger partial charge in [-0.05, 0) is 18.9 Å². The predicted molar refractivity (Wildman–Crippen MR) is 55.8 cm³/mol. The van der Waals surface area contributed by atoms with Crippen molar-refractivity contribution >= 4 is 0 Å². The highest BCUT2D eigenvalue weighted by Gasteiger charge is 2.28. The van der Waals surface area contributed by atoms with E-state index < -0.39 is 5.60 Å². The first kappa shape index (κ1) is 11.2. The molecule has 14 heavy (non-hydrogen) atoms. The van der Waals surface area contributed by atoms with Crippen LogP contribution in [-0.4, -0.2) is 21.4 Å². The summed E-state index contributed by atoms with van der Waals surface area (Å²) in [5.74, 6) is 0. The van der Waals surface area contributed by atoms with Gasteiger partial charge in [0.2, 0.25) is 0 Å². The van der Waals surface area contributed by atoms with Gasteiger partial charge in [0.15, 0.2) is 0 Å². The molecule has 0 spiro atoms. The van der Waals surface area contributed by atoms with Gasteiger partial charge < -0.3 is 10.8 Å². The molecular formula is C10H19N3O. The van der Waals surface area contributed by atoms with Crippen molar-refractivity contribution in [1.29, 1.82) is 0 Å². The molecule has 0 bridgehead atoms. The molecule has 0 saturated heterocycles. The predicted octanol–water partition coefficient (Wildman–Crippen LogP) is 0.849. The molecule has 0 radical (unpaired) electrons. The maximum atomic E-state index is 10.2. The Morgan fingerprint density at radius 3 is 2.79 bits per heavy atom. The van der Waals surface area contributed by atoms with E-state index >= 15 is 0 Å². The van der Waals surface area contributed by atoms with Gasteiger partial charge in [0.05, 0.1) is 5.69 Å². The third kappa shape index (κ3) is 1.96. The normalized spacial score (nSPS) is 15.4. The fourth-order valence-corrected chi connectivity index (χ4v) is 1.55. The largest absolute Gasteiger partial charge is 0.382 e. The Morgan fingerprint density at radius 2 is 2.29 bits per heavy atom. The van der Waals surface area contributed by atoms with Crippen LogP contribution in [0.25, 0.3) is 0 Å². The topological polar surface area (TPSA) is 64.1 Å². The van der Waals surface area contributed by atoms with Crippen molar-refractivity contribution < 1.29 is 5.11 Å². The SMILES string of the molecule is CCCn1nccc1C(O)(CC)CN. The molecule has 0 fully saturated rings. The summed E-state index contributed by atoms with van der Waals surface area (Å²) < 4.78 is 1.83. The van der Waals surface area contributed by atoms with Crippen LogP contribution in [-0.2, 0) is 12.1 Å². The summed E-state index contributed by atoms with van der Waals surface area (Å²) in [5, 5.41) is 14.4. The summed E-state index contributed by atoms with van der Waals surface area (Å²) in [6.45, 7) is 5.07. The Bertz CT molecular complexity index is 279. The van der Waals surface area contributed by atoms with Crippen LogP contribution in [0, 0.1) is 0 Å². The van der Waals surface area contributed by atoms with Gasteiger partial charge in [-0.1, -0.05) is 13.8 Å². The summed E-state index contributed by atoms with van der Waals surface area (Å²) >= 11 is 0. The Kier molecular flexibility index (Phi) is 3.66. The van der Waals surface area contributed by atoms with Crippen LogP contribution in [0.4, 0.5) is 0 Å². The van der Waals surface area contributed by atoms with Crippen LogP contribution in [0.2, 0.25) is 0 Å². The molecule has 1 aromatic heterocycles. The van der Waals surface area contributed by atoms with E-state index in [9.17, 15) is 5.11 Å². The standard InChI is InChI=1S/C10H19N3O/c1-3-7-13-9(5-6-12-13)10(14,4-2)8-11/h5-6,14H,3-4,7-8,11H2,1-2H3. The average Bonchev–Trinajstić information content (AvgIpc) is 2.66. The summed E-state index contributed by atoms with van der Waals surface area (Å²) in [6, 6.07) is 1.84. The summed E-state index contributed by atoms with van der Waals surface area (Å²) in [5.41, 5.74) is 5.48. The molecular weight excluding hydrogens is 178 g/mol. The lowest BCUT2D eigenvalue weighted by Crippen LogP contribution is -2.36. The average molecular weight is 197 g/mol. The lowest BCUT2D eigenvalue weighted by Gasteiger charge is -2.25. The number of aromatic nitrogens is 2. The number of aliphatic hydroxyl groups is 1. The third-order valence-electron chi connectivity index (χ3n) is 2.55. The molecule has 0 saturated carbocycles.